The van der Waals surface area contributed by atoms with Crippen molar-refractivity contribution >= 4 is 17.9 Å². The van der Waals surface area contributed by atoms with Crippen LogP contribution in [0.25, 0.3) is 0 Å². The zero-order chi connectivity index (χ0) is 20.3. The molecule has 0 bridgehead atoms. The molecule has 1 aromatic rings. The fourth-order valence-corrected chi connectivity index (χ4v) is 3.49. The van der Waals surface area contributed by atoms with Crippen LogP contribution in [-0.4, -0.2) is 42.1 Å². The van der Waals surface area contributed by atoms with E-state index in [9.17, 15) is 14.4 Å². The van der Waals surface area contributed by atoms with Crippen LogP contribution < -0.4 is 10.1 Å². The molecule has 3 amide bonds. The predicted molar refractivity (Wildman–Crippen MR) is 103 cm³/mol. The highest BCUT2D eigenvalue weighted by atomic mass is 16.5. The lowest BCUT2D eigenvalue weighted by Crippen LogP contribution is -2.41. The molecule has 7 nitrogen and oxygen atoms in total. The monoisotopic (exact) mass is 386 g/mol. The average molecular weight is 386 g/mol. The molecular formula is C21H26N2O5. The van der Waals surface area contributed by atoms with E-state index in [0.717, 1.165) is 36.2 Å². The van der Waals surface area contributed by atoms with Gasteiger partial charge in [0.25, 0.3) is 5.91 Å². The van der Waals surface area contributed by atoms with Crippen molar-refractivity contribution in [3.63, 3.8) is 0 Å². The Morgan fingerprint density at radius 3 is 2.50 bits per heavy atom. The summed E-state index contributed by atoms with van der Waals surface area (Å²) >= 11 is 0. The summed E-state index contributed by atoms with van der Waals surface area (Å²) in [5, 5.41) is 2.69. The third-order valence-electron chi connectivity index (χ3n) is 5.08. The molecule has 1 saturated heterocycles. The van der Waals surface area contributed by atoms with Gasteiger partial charge in [-0.1, -0.05) is 18.7 Å². The van der Waals surface area contributed by atoms with Crippen LogP contribution in [0.3, 0.4) is 0 Å². The second-order valence-corrected chi connectivity index (χ2v) is 7.61. The molecule has 1 atom stereocenters. The first-order valence-corrected chi connectivity index (χ1v) is 9.51. The van der Waals surface area contributed by atoms with Crippen molar-refractivity contribution < 1.29 is 23.9 Å². The minimum absolute atomic E-state index is 0.105. The van der Waals surface area contributed by atoms with Crippen LogP contribution in [-0.2, 0) is 19.9 Å². The first-order valence-electron chi connectivity index (χ1n) is 9.51. The van der Waals surface area contributed by atoms with Gasteiger partial charge >= 0.3 is 12.0 Å². The van der Waals surface area contributed by atoms with E-state index < -0.39 is 23.4 Å². The molecule has 1 heterocycles. The summed E-state index contributed by atoms with van der Waals surface area (Å²) < 4.78 is 10.9. The number of nitrogens with one attached hydrogen (secondary N) is 1. The molecule has 1 aromatic carbocycles. The number of esters is 1. The summed E-state index contributed by atoms with van der Waals surface area (Å²) in [4.78, 5) is 38.3. The van der Waals surface area contributed by atoms with Gasteiger partial charge in [-0.2, -0.15) is 0 Å². The highest BCUT2D eigenvalue weighted by molar-refractivity contribution is 6.08. The number of nitrogens with zero attached hydrogens (tertiary/aromatic N) is 1. The largest absolute Gasteiger partial charge is 0.489 e. The molecule has 1 aliphatic carbocycles. The minimum Gasteiger partial charge on any atom is -0.489 e. The number of rotatable bonds is 7. The number of hydrogen-bond donors (Lipinski definition) is 1. The van der Waals surface area contributed by atoms with Gasteiger partial charge in [0.1, 0.15) is 30.5 Å². The Morgan fingerprint density at radius 2 is 1.89 bits per heavy atom. The molecule has 150 valence electrons. The summed E-state index contributed by atoms with van der Waals surface area (Å²) in [5.74, 6) is -0.385. The topological polar surface area (TPSA) is 84.9 Å². The van der Waals surface area contributed by atoms with E-state index in [1.165, 1.54) is 0 Å². The minimum atomic E-state index is -1.24. The van der Waals surface area contributed by atoms with E-state index in [0.29, 0.717) is 17.9 Å². The van der Waals surface area contributed by atoms with E-state index in [4.69, 9.17) is 9.47 Å². The summed E-state index contributed by atoms with van der Waals surface area (Å²) in [6.07, 6.45) is 3.63. The van der Waals surface area contributed by atoms with Gasteiger partial charge in [0, 0.05) is 0 Å². The highest BCUT2D eigenvalue weighted by Gasteiger charge is 2.49. The number of urea groups is 1. The zero-order valence-electron chi connectivity index (χ0n) is 16.3. The Kier molecular flexibility index (Phi) is 5.72. The van der Waals surface area contributed by atoms with Crippen molar-refractivity contribution in [3.8, 4) is 5.75 Å². The quantitative estimate of drug-likeness (QED) is 0.442. The van der Waals surface area contributed by atoms with Crippen LogP contribution in [0.15, 0.2) is 36.4 Å². The summed E-state index contributed by atoms with van der Waals surface area (Å²) in [6.45, 7) is 7.30. The number of carbonyl (C=O) groups excluding carboxylic acids is 3. The Labute approximate surface area is 164 Å². The van der Waals surface area contributed by atoms with Crippen LogP contribution >= 0.6 is 0 Å². The number of ether oxygens (including phenoxy) is 2. The first kappa shape index (κ1) is 19.9. The van der Waals surface area contributed by atoms with Gasteiger partial charge < -0.3 is 14.8 Å². The average Bonchev–Trinajstić information content (AvgIpc) is 3.23. The number of hydrogen-bond acceptors (Lipinski definition) is 5. The van der Waals surface area contributed by atoms with Crippen molar-refractivity contribution in [2.45, 2.75) is 51.2 Å². The van der Waals surface area contributed by atoms with Gasteiger partial charge in [-0.25, -0.2) is 4.79 Å². The van der Waals surface area contributed by atoms with Crippen LogP contribution in [0.4, 0.5) is 4.79 Å². The third kappa shape index (κ3) is 4.18. The molecule has 1 saturated carbocycles. The van der Waals surface area contributed by atoms with E-state index >= 15 is 0 Å². The number of carbonyl (C=O) groups is 3. The Morgan fingerprint density at radius 1 is 1.25 bits per heavy atom. The molecule has 2 fully saturated rings. The molecule has 7 heteroatoms. The summed E-state index contributed by atoms with van der Waals surface area (Å²) in [7, 11) is 0. The molecule has 1 unspecified atom stereocenters. The smallest absolute Gasteiger partial charge is 0.326 e. The second-order valence-electron chi connectivity index (χ2n) is 7.61. The van der Waals surface area contributed by atoms with Crippen molar-refractivity contribution in [2.75, 3.05) is 13.2 Å². The van der Waals surface area contributed by atoms with Crippen LogP contribution in [0.5, 0.6) is 5.75 Å². The van der Waals surface area contributed by atoms with Gasteiger partial charge in [-0.3, -0.25) is 14.5 Å². The van der Waals surface area contributed by atoms with Gasteiger partial charge in [0.2, 0.25) is 0 Å². The predicted octanol–water partition coefficient (Wildman–Crippen LogP) is 2.89. The van der Waals surface area contributed by atoms with Crippen LogP contribution in [0.1, 0.15) is 45.1 Å². The summed E-state index contributed by atoms with van der Waals surface area (Å²) in [6, 6.07) is 6.33. The van der Waals surface area contributed by atoms with E-state index in [2.05, 4.69) is 11.9 Å². The molecule has 28 heavy (non-hydrogen) atoms. The molecule has 0 spiro atoms. The second kappa shape index (κ2) is 8.04. The zero-order valence-corrected chi connectivity index (χ0v) is 16.3. The molecule has 1 aliphatic heterocycles. The van der Waals surface area contributed by atoms with Crippen LogP contribution in [0, 0.1) is 0 Å². The van der Waals surface area contributed by atoms with E-state index in [1.807, 2.05) is 6.92 Å². The molecular weight excluding hydrogens is 360 g/mol. The molecule has 2 aliphatic rings. The first-order chi connectivity index (χ1) is 13.3. The van der Waals surface area contributed by atoms with Gasteiger partial charge in [-0.05, 0) is 62.8 Å². The van der Waals surface area contributed by atoms with Crippen molar-refractivity contribution in [3.05, 3.63) is 42.0 Å². The van der Waals surface area contributed by atoms with Gasteiger partial charge in [0.15, 0.2) is 0 Å². The van der Waals surface area contributed by atoms with Gasteiger partial charge in [0.05, 0.1) is 0 Å². The lowest BCUT2D eigenvalue weighted by molar-refractivity contribution is -0.152. The Balaban J connectivity index is 1.66. The number of imide groups is 1. The number of amides is 3. The molecule has 1 N–H and O–H groups in total. The van der Waals surface area contributed by atoms with Crippen molar-refractivity contribution in [1.82, 2.24) is 10.2 Å². The Bertz CT molecular complexity index is 782. The van der Waals surface area contributed by atoms with Crippen molar-refractivity contribution in [1.29, 1.82) is 0 Å². The Hall–Kier alpha value is -2.83. The lowest BCUT2D eigenvalue weighted by Gasteiger charge is -2.22. The fraction of sp³-hybridized carbons (Fsp3) is 0.476. The molecule has 3 rings (SSSR count). The fourth-order valence-electron chi connectivity index (χ4n) is 3.49. The maximum atomic E-state index is 12.9. The lowest BCUT2D eigenvalue weighted by atomic mass is 9.92. The summed E-state index contributed by atoms with van der Waals surface area (Å²) in [5.41, 5.74) is 0.270. The third-order valence-corrected chi connectivity index (χ3v) is 5.08. The normalized spacial score (nSPS) is 22.3. The maximum absolute atomic E-state index is 12.9. The van der Waals surface area contributed by atoms with Crippen LogP contribution in [0.2, 0.25) is 0 Å². The highest BCUT2D eigenvalue weighted by Crippen LogP contribution is 2.30. The van der Waals surface area contributed by atoms with E-state index in [-0.39, 0.29) is 12.6 Å². The molecule has 0 radical (unpaired) electrons. The standard InChI is InChI=1S/C21H26N2O5/c1-14(2)13-27-16-10-8-15(9-11-16)21(3)19(25)23(20(26)22-21)12-18(24)28-17-6-4-5-7-17/h8-11,17H,1,4-7,12-13H2,2-3H3,(H,22,26). The SMILES string of the molecule is C=C(C)COc1ccc(C2(C)NC(=O)N(CC(=O)OC3CCCC3)C2=O)cc1. The van der Waals surface area contributed by atoms with Crippen molar-refractivity contribution in [2.24, 2.45) is 0 Å². The maximum Gasteiger partial charge on any atom is 0.326 e. The number of benzene rings is 1. The molecule has 0 aromatic heterocycles. The van der Waals surface area contributed by atoms with E-state index in [1.54, 1.807) is 31.2 Å². The van der Waals surface area contributed by atoms with Gasteiger partial charge in [-0.15, -0.1) is 0 Å².